The van der Waals surface area contributed by atoms with Gasteiger partial charge in [0.25, 0.3) is 0 Å². The van der Waals surface area contributed by atoms with Crippen LogP contribution in [0.4, 0.5) is 0 Å². The molecule has 0 saturated carbocycles. The van der Waals surface area contributed by atoms with Gasteiger partial charge < -0.3 is 15.4 Å². The molecule has 0 aliphatic carbocycles. The van der Waals surface area contributed by atoms with Crippen LogP contribution in [0.2, 0.25) is 0 Å². The molecule has 0 aromatic heterocycles. The molecular formula is C10H16N2O3. The van der Waals surface area contributed by atoms with Gasteiger partial charge in [-0.15, -0.1) is 0 Å². The second-order valence-corrected chi connectivity index (χ2v) is 4.05. The average molecular weight is 212 g/mol. The van der Waals surface area contributed by atoms with Gasteiger partial charge in [0.1, 0.15) is 6.04 Å². The minimum atomic E-state index is -0.341. The Morgan fingerprint density at radius 3 is 3.00 bits per heavy atom. The van der Waals surface area contributed by atoms with Crippen molar-refractivity contribution in [2.24, 2.45) is 5.92 Å². The van der Waals surface area contributed by atoms with E-state index in [9.17, 15) is 9.59 Å². The fourth-order valence-corrected chi connectivity index (χ4v) is 1.94. The molecule has 0 bridgehead atoms. The summed E-state index contributed by atoms with van der Waals surface area (Å²) in [4.78, 5) is 23.1. The van der Waals surface area contributed by atoms with Crippen LogP contribution < -0.4 is 10.6 Å². The van der Waals surface area contributed by atoms with Crippen LogP contribution in [-0.2, 0) is 14.3 Å². The normalized spacial score (nSPS) is 31.1. The molecule has 0 spiro atoms. The predicted molar refractivity (Wildman–Crippen MR) is 53.1 cm³/mol. The van der Waals surface area contributed by atoms with Crippen LogP contribution in [0.1, 0.15) is 19.3 Å². The molecule has 2 unspecified atom stereocenters. The summed E-state index contributed by atoms with van der Waals surface area (Å²) in [5.74, 6) is -0.178. The largest absolute Gasteiger partial charge is 0.381 e. The summed E-state index contributed by atoms with van der Waals surface area (Å²) < 4.78 is 5.13. The monoisotopic (exact) mass is 212 g/mol. The van der Waals surface area contributed by atoms with Gasteiger partial charge in [-0.05, 0) is 19.3 Å². The second kappa shape index (κ2) is 4.61. The third-order valence-corrected chi connectivity index (χ3v) is 2.90. The summed E-state index contributed by atoms with van der Waals surface area (Å²) in [6.45, 7) is 1.85. The topological polar surface area (TPSA) is 67.4 Å². The number of carbonyl (C=O) groups is 2. The lowest BCUT2D eigenvalue weighted by molar-refractivity contribution is -0.132. The summed E-state index contributed by atoms with van der Waals surface area (Å²) in [5, 5.41) is 5.52. The smallest absolute Gasteiger partial charge is 0.242 e. The quantitative estimate of drug-likeness (QED) is 0.643. The van der Waals surface area contributed by atoms with Crippen LogP contribution in [0.3, 0.4) is 0 Å². The van der Waals surface area contributed by atoms with Crippen molar-refractivity contribution in [1.29, 1.82) is 0 Å². The fourth-order valence-electron chi connectivity index (χ4n) is 1.94. The highest BCUT2D eigenvalue weighted by Crippen LogP contribution is 2.13. The van der Waals surface area contributed by atoms with Crippen molar-refractivity contribution in [1.82, 2.24) is 10.6 Å². The highest BCUT2D eigenvalue weighted by Gasteiger charge is 2.29. The van der Waals surface area contributed by atoms with E-state index >= 15 is 0 Å². The Morgan fingerprint density at radius 2 is 2.33 bits per heavy atom. The molecule has 2 saturated heterocycles. The molecule has 2 aliphatic rings. The third-order valence-electron chi connectivity index (χ3n) is 2.90. The van der Waals surface area contributed by atoms with Crippen molar-refractivity contribution < 1.29 is 14.3 Å². The summed E-state index contributed by atoms with van der Waals surface area (Å²) in [7, 11) is 0. The first-order valence-corrected chi connectivity index (χ1v) is 5.43. The van der Waals surface area contributed by atoms with Gasteiger partial charge in [0, 0.05) is 13.2 Å². The maximum atomic E-state index is 11.7. The van der Waals surface area contributed by atoms with Crippen LogP contribution in [0, 0.1) is 5.92 Å². The first-order chi connectivity index (χ1) is 7.27. The van der Waals surface area contributed by atoms with E-state index in [-0.39, 0.29) is 23.8 Å². The van der Waals surface area contributed by atoms with Crippen molar-refractivity contribution in [3.8, 4) is 0 Å². The minimum Gasteiger partial charge on any atom is -0.381 e. The van der Waals surface area contributed by atoms with Gasteiger partial charge in [-0.25, -0.2) is 0 Å². The third kappa shape index (κ3) is 2.47. The number of amides is 2. The van der Waals surface area contributed by atoms with Gasteiger partial charge in [0.05, 0.1) is 12.5 Å². The Balaban J connectivity index is 1.84. The molecular weight excluding hydrogens is 196 g/mol. The van der Waals surface area contributed by atoms with E-state index in [1.165, 1.54) is 0 Å². The molecule has 2 amide bonds. The number of piperidine rings is 1. The lowest BCUT2D eigenvalue weighted by Gasteiger charge is -2.23. The van der Waals surface area contributed by atoms with Gasteiger partial charge in [-0.2, -0.15) is 0 Å². The fraction of sp³-hybridized carbons (Fsp3) is 0.800. The van der Waals surface area contributed by atoms with Gasteiger partial charge >= 0.3 is 0 Å². The minimum absolute atomic E-state index is 0.0467. The maximum absolute atomic E-state index is 11.7. The summed E-state index contributed by atoms with van der Waals surface area (Å²) in [6.07, 6.45) is 2.43. The van der Waals surface area contributed by atoms with Gasteiger partial charge in [-0.1, -0.05) is 0 Å². The number of hydrogen-bond acceptors (Lipinski definition) is 3. The number of ether oxygens (including phenoxy) is 1. The van der Waals surface area contributed by atoms with E-state index in [1.807, 2.05) is 0 Å². The molecule has 2 fully saturated rings. The maximum Gasteiger partial charge on any atom is 0.242 e. The zero-order valence-corrected chi connectivity index (χ0v) is 8.62. The zero-order valence-electron chi connectivity index (χ0n) is 8.62. The lowest BCUT2D eigenvalue weighted by atomic mass is 10.0. The van der Waals surface area contributed by atoms with Crippen molar-refractivity contribution in [2.75, 3.05) is 19.8 Å². The van der Waals surface area contributed by atoms with Gasteiger partial charge in [-0.3, -0.25) is 9.59 Å². The van der Waals surface area contributed by atoms with E-state index < -0.39 is 0 Å². The number of hydrogen-bond donors (Lipinski definition) is 2. The molecule has 0 aromatic rings. The molecule has 5 heteroatoms. The van der Waals surface area contributed by atoms with Crippen molar-refractivity contribution >= 4 is 11.8 Å². The summed E-state index contributed by atoms with van der Waals surface area (Å²) in [5.41, 5.74) is 0. The molecule has 15 heavy (non-hydrogen) atoms. The van der Waals surface area contributed by atoms with Crippen LogP contribution >= 0.6 is 0 Å². The number of nitrogens with one attached hydrogen (secondary N) is 2. The lowest BCUT2D eigenvalue weighted by Crippen LogP contribution is -2.51. The molecule has 5 nitrogen and oxygen atoms in total. The molecule has 0 radical (unpaired) electrons. The van der Waals surface area contributed by atoms with E-state index in [0.29, 0.717) is 13.2 Å². The molecule has 2 heterocycles. The number of carbonyl (C=O) groups excluding carboxylic acids is 2. The van der Waals surface area contributed by atoms with E-state index in [2.05, 4.69) is 10.6 Å². The second-order valence-electron chi connectivity index (χ2n) is 4.05. The Kier molecular flexibility index (Phi) is 3.20. The molecule has 2 aliphatic heterocycles. The van der Waals surface area contributed by atoms with Crippen molar-refractivity contribution in [2.45, 2.75) is 25.3 Å². The van der Waals surface area contributed by atoms with Crippen molar-refractivity contribution in [3.63, 3.8) is 0 Å². The Labute approximate surface area is 88.5 Å². The van der Waals surface area contributed by atoms with E-state index in [0.717, 1.165) is 25.8 Å². The Hall–Kier alpha value is -1.10. The van der Waals surface area contributed by atoms with Gasteiger partial charge in [0.2, 0.25) is 11.8 Å². The van der Waals surface area contributed by atoms with Crippen molar-refractivity contribution in [3.05, 3.63) is 0 Å². The van der Waals surface area contributed by atoms with E-state index in [4.69, 9.17) is 4.74 Å². The highest BCUT2D eigenvalue weighted by atomic mass is 16.5. The highest BCUT2D eigenvalue weighted by molar-refractivity contribution is 5.89. The summed E-state index contributed by atoms with van der Waals surface area (Å²) >= 11 is 0. The van der Waals surface area contributed by atoms with E-state index in [1.54, 1.807) is 0 Å². The van der Waals surface area contributed by atoms with Crippen LogP contribution in [0.5, 0.6) is 0 Å². The molecule has 2 N–H and O–H groups in total. The first kappa shape index (κ1) is 10.4. The first-order valence-electron chi connectivity index (χ1n) is 5.43. The molecule has 0 aromatic carbocycles. The molecule has 2 atom stereocenters. The molecule has 84 valence electrons. The standard InChI is InChI=1S/C10H16N2O3/c13-9(7-3-5-15-6-7)12-8-2-1-4-11-10(8)14/h7-8H,1-6H2,(H,11,14)(H,12,13). The Morgan fingerprint density at radius 1 is 1.47 bits per heavy atom. The van der Waals surface area contributed by atoms with Gasteiger partial charge in [0.15, 0.2) is 0 Å². The van der Waals surface area contributed by atoms with Crippen LogP contribution in [0.25, 0.3) is 0 Å². The zero-order chi connectivity index (χ0) is 10.7. The summed E-state index contributed by atoms with van der Waals surface area (Å²) in [6, 6.07) is -0.341. The predicted octanol–water partition coefficient (Wildman–Crippen LogP) is -0.582. The SMILES string of the molecule is O=C(NC1CCCNC1=O)C1CCOC1. The molecule has 2 rings (SSSR count). The van der Waals surface area contributed by atoms with Crippen LogP contribution in [0.15, 0.2) is 0 Å². The number of rotatable bonds is 2. The average Bonchev–Trinajstić information content (AvgIpc) is 2.74. The Bertz CT molecular complexity index is 261. The van der Waals surface area contributed by atoms with Crippen LogP contribution in [-0.4, -0.2) is 37.6 Å².